The van der Waals surface area contributed by atoms with Crippen LogP contribution < -0.4 is 10.6 Å². The highest BCUT2D eigenvalue weighted by Crippen LogP contribution is 2.34. The Hall–Kier alpha value is -3.37. The van der Waals surface area contributed by atoms with Crippen LogP contribution in [0.1, 0.15) is 67.2 Å². The van der Waals surface area contributed by atoms with Gasteiger partial charge in [0.15, 0.2) is 17.0 Å². The molecule has 0 bridgehead atoms. The van der Waals surface area contributed by atoms with Crippen molar-refractivity contribution in [3.63, 3.8) is 0 Å². The SMILES string of the molecule is O=CC1CCC(n2cc(NC(=O)c3cc4nc(NCC5CC5)ccn4n3)c(C(F)F)n2)CC1. The second-order valence-electron chi connectivity index (χ2n) is 8.84. The van der Waals surface area contributed by atoms with Crippen molar-refractivity contribution in [3.8, 4) is 0 Å². The number of carbonyl (C=O) groups is 2. The molecule has 3 aromatic rings. The summed E-state index contributed by atoms with van der Waals surface area (Å²) in [6, 6.07) is 3.22. The van der Waals surface area contributed by atoms with Crippen molar-refractivity contribution < 1.29 is 18.4 Å². The van der Waals surface area contributed by atoms with E-state index in [4.69, 9.17) is 0 Å². The number of alkyl halides is 2. The second kappa shape index (κ2) is 8.87. The molecule has 3 aromatic heterocycles. The first-order valence-electron chi connectivity index (χ1n) is 11.2. The van der Waals surface area contributed by atoms with Crippen LogP contribution in [0.4, 0.5) is 20.3 Å². The van der Waals surface area contributed by atoms with Crippen LogP contribution in [0.5, 0.6) is 0 Å². The molecule has 0 aliphatic heterocycles. The van der Waals surface area contributed by atoms with E-state index in [1.54, 1.807) is 12.3 Å². The van der Waals surface area contributed by atoms with Gasteiger partial charge in [-0.3, -0.25) is 9.48 Å². The van der Waals surface area contributed by atoms with Gasteiger partial charge in [-0.2, -0.15) is 10.2 Å². The van der Waals surface area contributed by atoms with Crippen molar-refractivity contribution >= 4 is 29.3 Å². The number of halogens is 2. The third-order valence-corrected chi connectivity index (χ3v) is 6.35. The lowest BCUT2D eigenvalue weighted by atomic mass is 9.87. The fraction of sp³-hybridized carbons (Fsp3) is 0.500. The molecule has 2 aliphatic rings. The van der Waals surface area contributed by atoms with Crippen molar-refractivity contribution in [2.24, 2.45) is 11.8 Å². The van der Waals surface area contributed by atoms with Crippen molar-refractivity contribution in [3.05, 3.63) is 35.9 Å². The molecule has 11 heteroatoms. The maximum Gasteiger partial charge on any atom is 0.284 e. The number of aromatic nitrogens is 5. The molecule has 0 saturated heterocycles. The minimum atomic E-state index is -2.84. The summed E-state index contributed by atoms with van der Waals surface area (Å²) in [7, 11) is 0. The maximum absolute atomic E-state index is 13.6. The molecule has 2 fully saturated rings. The smallest absolute Gasteiger partial charge is 0.284 e. The van der Waals surface area contributed by atoms with Crippen LogP contribution in [-0.2, 0) is 4.79 Å². The van der Waals surface area contributed by atoms with E-state index in [1.807, 2.05) is 0 Å². The van der Waals surface area contributed by atoms with Crippen LogP contribution in [0.25, 0.3) is 5.65 Å². The number of fused-ring (bicyclic) bond motifs is 1. The van der Waals surface area contributed by atoms with Crippen LogP contribution in [-0.4, -0.2) is 43.1 Å². The first-order chi connectivity index (χ1) is 16.0. The number of aldehydes is 1. The summed E-state index contributed by atoms with van der Waals surface area (Å²) in [6.45, 7) is 0.863. The number of amides is 1. The van der Waals surface area contributed by atoms with Crippen LogP contribution >= 0.6 is 0 Å². The topological polar surface area (TPSA) is 106 Å². The molecule has 0 spiro atoms. The van der Waals surface area contributed by atoms with Crippen LogP contribution in [0, 0.1) is 11.8 Å². The van der Waals surface area contributed by atoms with Crippen molar-refractivity contribution in [1.29, 1.82) is 0 Å². The molecule has 9 nitrogen and oxygen atoms in total. The molecule has 2 N–H and O–H groups in total. The molecule has 2 aliphatic carbocycles. The molecule has 1 amide bonds. The Morgan fingerprint density at radius 3 is 2.67 bits per heavy atom. The van der Waals surface area contributed by atoms with Crippen LogP contribution in [0.2, 0.25) is 0 Å². The number of hydrogen-bond donors (Lipinski definition) is 2. The van der Waals surface area contributed by atoms with Gasteiger partial charge in [0, 0.05) is 30.9 Å². The number of hydrogen-bond acceptors (Lipinski definition) is 6. The van der Waals surface area contributed by atoms with Gasteiger partial charge in [0.1, 0.15) is 12.1 Å². The van der Waals surface area contributed by atoms with E-state index < -0.39 is 18.0 Å². The monoisotopic (exact) mass is 457 g/mol. The highest BCUT2D eigenvalue weighted by molar-refractivity contribution is 6.03. The molecule has 0 radical (unpaired) electrons. The minimum Gasteiger partial charge on any atom is -0.370 e. The van der Waals surface area contributed by atoms with Gasteiger partial charge in [0.2, 0.25) is 0 Å². The number of anilines is 2. The highest BCUT2D eigenvalue weighted by Gasteiger charge is 2.27. The molecule has 33 heavy (non-hydrogen) atoms. The molecule has 0 aromatic carbocycles. The summed E-state index contributed by atoms with van der Waals surface area (Å²) in [5, 5.41) is 14.1. The quantitative estimate of drug-likeness (QED) is 0.498. The predicted octanol–water partition coefficient (Wildman–Crippen LogP) is 3.87. The summed E-state index contributed by atoms with van der Waals surface area (Å²) >= 11 is 0. The number of carbonyl (C=O) groups excluding carboxylic acids is 2. The molecule has 2 saturated carbocycles. The zero-order valence-corrected chi connectivity index (χ0v) is 18.0. The van der Waals surface area contributed by atoms with Gasteiger partial charge in [-0.05, 0) is 50.5 Å². The molecule has 0 unspecified atom stereocenters. The summed E-state index contributed by atoms with van der Waals surface area (Å²) in [6.07, 6.45) is 6.46. The van der Waals surface area contributed by atoms with E-state index >= 15 is 0 Å². The van der Waals surface area contributed by atoms with Gasteiger partial charge >= 0.3 is 0 Å². The fourth-order valence-electron chi connectivity index (χ4n) is 4.20. The first kappa shape index (κ1) is 21.5. The lowest BCUT2D eigenvalue weighted by Gasteiger charge is -2.25. The van der Waals surface area contributed by atoms with Crippen molar-refractivity contribution in [2.75, 3.05) is 17.2 Å². The Labute approximate surface area is 188 Å². The second-order valence-corrected chi connectivity index (χ2v) is 8.84. The van der Waals surface area contributed by atoms with E-state index in [0.29, 0.717) is 43.1 Å². The van der Waals surface area contributed by atoms with Gasteiger partial charge in [-0.25, -0.2) is 18.3 Å². The Kier molecular flexibility index (Phi) is 5.77. The lowest BCUT2D eigenvalue weighted by molar-refractivity contribution is -0.112. The normalized spacial score (nSPS) is 20.8. The zero-order chi connectivity index (χ0) is 22.9. The largest absolute Gasteiger partial charge is 0.370 e. The third kappa shape index (κ3) is 4.71. The van der Waals surface area contributed by atoms with E-state index in [1.165, 1.54) is 34.3 Å². The van der Waals surface area contributed by atoms with Gasteiger partial charge < -0.3 is 15.4 Å². The van der Waals surface area contributed by atoms with E-state index in [2.05, 4.69) is 25.8 Å². The fourth-order valence-corrected chi connectivity index (χ4v) is 4.20. The summed E-state index contributed by atoms with van der Waals surface area (Å²) < 4.78 is 30.2. The molecule has 5 rings (SSSR count). The number of rotatable bonds is 8. The Morgan fingerprint density at radius 2 is 1.97 bits per heavy atom. The first-order valence-corrected chi connectivity index (χ1v) is 11.2. The zero-order valence-electron chi connectivity index (χ0n) is 18.0. The van der Waals surface area contributed by atoms with Crippen LogP contribution in [0.3, 0.4) is 0 Å². The minimum absolute atomic E-state index is 0.0126. The summed E-state index contributed by atoms with van der Waals surface area (Å²) in [4.78, 5) is 28.2. The summed E-state index contributed by atoms with van der Waals surface area (Å²) in [5.74, 6) is 0.795. The lowest BCUT2D eigenvalue weighted by Crippen LogP contribution is -2.19. The third-order valence-electron chi connectivity index (χ3n) is 6.35. The molecule has 3 heterocycles. The highest BCUT2D eigenvalue weighted by atomic mass is 19.3. The average molecular weight is 457 g/mol. The van der Waals surface area contributed by atoms with Gasteiger partial charge in [-0.15, -0.1) is 0 Å². The van der Waals surface area contributed by atoms with E-state index in [9.17, 15) is 18.4 Å². The molecule has 0 atom stereocenters. The van der Waals surface area contributed by atoms with Crippen LogP contribution in [0.15, 0.2) is 24.5 Å². The van der Waals surface area contributed by atoms with E-state index in [-0.39, 0.29) is 23.3 Å². The Balaban J connectivity index is 1.31. The van der Waals surface area contributed by atoms with Crippen molar-refractivity contribution in [1.82, 2.24) is 24.4 Å². The average Bonchev–Trinajstić information content (AvgIpc) is 3.40. The van der Waals surface area contributed by atoms with Gasteiger partial charge in [0.25, 0.3) is 12.3 Å². The van der Waals surface area contributed by atoms with Crippen molar-refractivity contribution in [2.45, 2.75) is 51.0 Å². The molecular formula is C22H25F2N7O2. The van der Waals surface area contributed by atoms with Gasteiger partial charge in [0.05, 0.1) is 11.7 Å². The Morgan fingerprint density at radius 1 is 1.18 bits per heavy atom. The van der Waals surface area contributed by atoms with Gasteiger partial charge in [-0.1, -0.05) is 0 Å². The maximum atomic E-state index is 13.6. The number of nitrogens with one attached hydrogen (secondary N) is 2. The summed E-state index contributed by atoms with van der Waals surface area (Å²) in [5.41, 5.74) is 0.0394. The molecular weight excluding hydrogens is 432 g/mol. The molecule has 174 valence electrons. The van der Waals surface area contributed by atoms with E-state index in [0.717, 1.165) is 12.8 Å². The predicted molar refractivity (Wildman–Crippen MR) is 116 cm³/mol. The number of nitrogens with zero attached hydrogens (tertiary/aromatic N) is 5. The standard InChI is InChI=1S/C22H25F2N7O2/c23-21(24)20-17(11-31(29-20)15-5-3-14(12-32)4-6-15)26-22(33)16-9-19-27-18(7-8-30(19)28-16)25-10-13-1-2-13/h7-9,11-15,21H,1-6,10H2,(H,25,27)(H,26,33). The Bertz CT molecular complexity index is 1160.